The minimum atomic E-state index is -0.904. The van der Waals surface area contributed by atoms with E-state index < -0.39 is 29.6 Å². The van der Waals surface area contributed by atoms with Gasteiger partial charge in [0.05, 0.1) is 6.61 Å². The van der Waals surface area contributed by atoms with Crippen molar-refractivity contribution in [2.75, 3.05) is 13.2 Å². The number of hydrogen-bond acceptors (Lipinski definition) is 7. The Morgan fingerprint density at radius 2 is 2.13 bits per heavy atom. The van der Waals surface area contributed by atoms with Gasteiger partial charge in [0.15, 0.2) is 11.9 Å². The molecule has 2 rings (SSSR count). The highest BCUT2D eigenvalue weighted by molar-refractivity contribution is 5.67. The van der Waals surface area contributed by atoms with Gasteiger partial charge in [0, 0.05) is 25.2 Å². The molecule has 9 heteroatoms. The SMILES string of the molecule is CC(=O)OC1=C(C)O[C@@H](n2cc(C)c(=O)[nH]c2=O)C1OCCN. The van der Waals surface area contributed by atoms with Crippen molar-refractivity contribution in [3.05, 3.63) is 44.1 Å². The number of aromatic nitrogens is 2. The van der Waals surface area contributed by atoms with E-state index in [2.05, 4.69) is 4.98 Å². The van der Waals surface area contributed by atoms with Gasteiger partial charge in [0.25, 0.3) is 5.56 Å². The molecule has 0 spiro atoms. The number of hydrogen-bond donors (Lipinski definition) is 2. The van der Waals surface area contributed by atoms with Gasteiger partial charge < -0.3 is 19.9 Å². The van der Waals surface area contributed by atoms with Crippen molar-refractivity contribution in [1.82, 2.24) is 9.55 Å². The second-order valence-electron chi connectivity index (χ2n) is 5.08. The highest BCUT2D eigenvalue weighted by Crippen LogP contribution is 2.34. The molecule has 2 atom stereocenters. The first kappa shape index (κ1) is 17.0. The molecule has 126 valence electrons. The molecule has 0 aliphatic carbocycles. The summed E-state index contributed by atoms with van der Waals surface area (Å²) in [6, 6.07) is 0. The van der Waals surface area contributed by atoms with Crippen molar-refractivity contribution >= 4 is 5.97 Å². The highest BCUT2D eigenvalue weighted by atomic mass is 16.6. The molecule has 0 amide bonds. The molecular formula is C14H19N3O6. The third-order valence-electron chi connectivity index (χ3n) is 3.25. The maximum absolute atomic E-state index is 12.1. The average molecular weight is 325 g/mol. The van der Waals surface area contributed by atoms with E-state index >= 15 is 0 Å². The van der Waals surface area contributed by atoms with Crippen LogP contribution in [-0.2, 0) is 19.0 Å². The lowest BCUT2D eigenvalue weighted by molar-refractivity contribution is -0.139. The molecule has 1 unspecified atom stereocenters. The monoisotopic (exact) mass is 325 g/mol. The number of aryl methyl sites for hydroxylation is 1. The van der Waals surface area contributed by atoms with Crippen LogP contribution in [0.5, 0.6) is 0 Å². The van der Waals surface area contributed by atoms with Crippen LogP contribution in [0.2, 0.25) is 0 Å². The van der Waals surface area contributed by atoms with Gasteiger partial charge in [-0.25, -0.2) is 4.79 Å². The topological polar surface area (TPSA) is 126 Å². The summed E-state index contributed by atoms with van der Waals surface area (Å²) in [6.07, 6.45) is -0.362. The number of esters is 1. The van der Waals surface area contributed by atoms with E-state index in [1.165, 1.54) is 17.7 Å². The van der Waals surface area contributed by atoms with Crippen molar-refractivity contribution in [3.63, 3.8) is 0 Å². The zero-order chi connectivity index (χ0) is 17.1. The predicted octanol–water partition coefficient (Wildman–Crippen LogP) is -0.488. The first-order chi connectivity index (χ1) is 10.8. The quantitative estimate of drug-likeness (QED) is 0.700. The molecule has 0 saturated carbocycles. The largest absolute Gasteiger partial charge is 0.468 e. The van der Waals surface area contributed by atoms with Gasteiger partial charge in [-0.15, -0.1) is 0 Å². The minimum Gasteiger partial charge on any atom is -0.468 e. The minimum absolute atomic E-state index is 0.180. The van der Waals surface area contributed by atoms with Gasteiger partial charge in [-0.05, 0) is 13.8 Å². The first-order valence-electron chi connectivity index (χ1n) is 7.04. The van der Waals surface area contributed by atoms with Crippen molar-refractivity contribution in [1.29, 1.82) is 0 Å². The molecule has 0 radical (unpaired) electrons. The Morgan fingerprint density at radius 3 is 2.74 bits per heavy atom. The van der Waals surface area contributed by atoms with Gasteiger partial charge in [-0.3, -0.25) is 19.1 Å². The molecule has 3 N–H and O–H groups in total. The van der Waals surface area contributed by atoms with Crippen LogP contribution < -0.4 is 17.0 Å². The highest BCUT2D eigenvalue weighted by Gasteiger charge is 2.40. The summed E-state index contributed by atoms with van der Waals surface area (Å²) < 4.78 is 17.5. The number of nitrogens with two attached hydrogens (primary N) is 1. The van der Waals surface area contributed by atoms with Crippen LogP contribution in [0, 0.1) is 6.92 Å². The number of carbonyl (C=O) groups is 1. The van der Waals surface area contributed by atoms with E-state index in [-0.39, 0.29) is 18.9 Å². The second-order valence-corrected chi connectivity index (χ2v) is 5.08. The molecule has 9 nitrogen and oxygen atoms in total. The fourth-order valence-electron chi connectivity index (χ4n) is 2.25. The number of nitrogens with zero attached hydrogens (tertiary/aromatic N) is 1. The number of aromatic amines is 1. The Bertz CT molecular complexity index is 748. The van der Waals surface area contributed by atoms with Crippen molar-refractivity contribution in [3.8, 4) is 0 Å². The molecule has 0 aromatic carbocycles. The average Bonchev–Trinajstić information content (AvgIpc) is 2.76. The summed E-state index contributed by atoms with van der Waals surface area (Å²) in [7, 11) is 0. The molecular weight excluding hydrogens is 306 g/mol. The van der Waals surface area contributed by atoms with E-state index in [0.717, 1.165) is 0 Å². The molecule has 23 heavy (non-hydrogen) atoms. The van der Waals surface area contributed by atoms with E-state index in [4.69, 9.17) is 19.9 Å². The second kappa shape index (κ2) is 6.80. The number of H-pyrrole nitrogens is 1. The van der Waals surface area contributed by atoms with Crippen molar-refractivity contribution < 1.29 is 19.0 Å². The zero-order valence-corrected chi connectivity index (χ0v) is 13.1. The Morgan fingerprint density at radius 1 is 1.43 bits per heavy atom. The maximum atomic E-state index is 12.1. The Balaban J connectivity index is 2.42. The Kier molecular flexibility index (Phi) is 5.02. The van der Waals surface area contributed by atoms with Crippen LogP contribution in [0.25, 0.3) is 0 Å². The summed E-state index contributed by atoms with van der Waals surface area (Å²) in [6.45, 7) is 4.84. The number of nitrogens with one attached hydrogen (secondary N) is 1. The van der Waals surface area contributed by atoms with Crippen molar-refractivity contribution in [2.45, 2.75) is 33.1 Å². The summed E-state index contributed by atoms with van der Waals surface area (Å²) in [4.78, 5) is 37.0. The lowest BCUT2D eigenvalue weighted by Gasteiger charge is -2.22. The number of allylic oxidation sites excluding steroid dienone is 1. The molecule has 1 aromatic rings. The van der Waals surface area contributed by atoms with Crippen LogP contribution in [0.15, 0.2) is 27.3 Å². The summed E-state index contributed by atoms with van der Waals surface area (Å²) in [5, 5.41) is 0. The molecule has 0 fully saturated rings. The van der Waals surface area contributed by atoms with Crippen LogP contribution in [0.3, 0.4) is 0 Å². The van der Waals surface area contributed by atoms with Crippen molar-refractivity contribution in [2.24, 2.45) is 5.73 Å². The summed E-state index contributed by atoms with van der Waals surface area (Å²) >= 11 is 0. The molecule has 1 aliphatic heterocycles. The van der Waals surface area contributed by atoms with E-state index in [0.29, 0.717) is 11.3 Å². The van der Waals surface area contributed by atoms with Gasteiger partial charge in [-0.1, -0.05) is 0 Å². The van der Waals surface area contributed by atoms with E-state index in [9.17, 15) is 14.4 Å². The van der Waals surface area contributed by atoms with Gasteiger partial charge in [0.2, 0.25) is 6.23 Å². The lowest BCUT2D eigenvalue weighted by atomic mass is 10.2. The third-order valence-corrected chi connectivity index (χ3v) is 3.25. The summed E-state index contributed by atoms with van der Waals surface area (Å²) in [5.41, 5.74) is 4.65. The molecule has 1 aromatic heterocycles. The van der Waals surface area contributed by atoms with Crippen LogP contribution >= 0.6 is 0 Å². The normalized spacial score (nSPS) is 20.5. The Hall–Kier alpha value is -2.39. The maximum Gasteiger partial charge on any atom is 0.331 e. The van der Waals surface area contributed by atoms with Gasteiger partial charge in [-0.2, -0.15) is 0 Å². The van der Waals surface area contributed by atoms with Gasteiger partial charge >= 0.3 is 11.7 Å². The van der Waals surface area contributed by atoms with Crippen LogP contribution in [-0.4, -0.2) is 34.8 Å². The lowest BCUT2D eigenvalue weighted by Crippen LogP contribution is -2.38. The summed E-state index contributed by atoms with van der Waals surface area (Å²) in [5.74, 6) is -0.0235. The standard InChI is InChI=1S/C14H19N3O6/c1-7-6-17(14(20)16-12(7)19)13-11(21-5-4-15)10(8(2)22-13)23-9(3)18/h6,11,13H,4-5,15H2,1-3H3,(H,16,19,20)/t11?,13-/m1/s1. The Labute approximate surface area is 131 Å². The third kappa shape index (κ3) is 3.51. The fourth-order valence-corrected chi connectivity index (χ4v) is 2.25. The number of ether oxygens (including phenoxy) is 3. The fraction of sp³-hybridized carbons (Fsp3) is 0.500. The van der Waals surface area contributed by atoms with E-state index in [1.807, 2.05) is 0 Å². The molecule has 0 bridgehead atoms. The van der Waals surface area contributed by atoms with Gasteiger partial charge in [0.1, 0.15) is 5.76 Å². The predicted molar refractivity (Wildman–Crippen MR) is 79.4 cm³/mol. The first-order valence-corrected chi connectivity index (χ1v) is 7.04. The van der Waals surface area contributed by atoms with Crippen LogP contribution in [0.1, 0.15) is 25.6 Å². The molecule has 0 saturated heterocycles. The smallest absolute Gasteiger partial charge is 0.331 e. The number of carbonyl (C=O) groups excluding carboxylic acids is 1. The molecule has 1 aliphatic rings. The van der Waals surface area contributed by atoms with E-state index in [1.54, 1.807) is 13.8 Å². The number of rotatable bonds is 5. The zero-order valence-electron chi connectivity index (χ0n) is 13.1. The van der Waals surface area contributed by atoms with Crippen LogP contribution in [0.4, 0.5) is 0 Å². The molecule has 2 heterocycles.